The first-order valence-electron chi connectivity index (χ1n) is 13.0. The van der Waals surface area contributed by atoms with Gasteiger partial charge in [0, 0.05) is 28.1 Å². The molecule has 2 N–H and O–H groups in total. The van der Waals surface area contributed by atoms with E-state index < -0.39 is 5.60 Å². The maximum Gasteiger partial charge on any atom is 0.342 e. The number of aryl methyl sites for hydroxylation is 2. The lowest BCUT2D eigenvalue weighted by Crippen LogP contribution is -2.33. The van der Waals surface area contributed by atoms with E-state index >= 15 is 0 Å². The topological polar surface area (TPSA) is 59.6 Å². The van der Waals surface area contributed by atoms with Crippen molar-refractivity contribution >= 4 is 28.7 Å². The number of ether oxygens (including phenoxy) is 2. The third-order valence-electron chi connectivity index (χ3n) is 7.45. The first-order chi connectivity index (χ1) is 19.0. The highest BCUT2D eigenvalue weighted by Crippen LogP contribution is 2.59. The molecule has 0 unspecified atom stereocenters. The van der Waals surface area contributed by atoms with Gasteiger partial charge in [-0.15, -0.1) is 0 Å². The maximum absolute atomic E-state index is 14.0. The number of esters is 1. The van der Waals surface area contributed by atoms with E-state index in [2.05, 4.69) is 24.5 Å². The second-order valence-electron chi connectivity index (χ2n) is 10.0. The van der Waals surface area contributed by atoms with Crippen molar-refractivity contribution in [1.29, 1.82) is 0 Å². The third kappa shape index (κ3) is 3.58. The Morgan fingerprint density at radius 3 is 1.92 bits per heavy atom. The number of fused-ring (bicyclic) bond motifs is 6. The van der Waals surface area contributed by atoms with Gasteiger partial charge in [-0.2, -0.15) is 0 Å². The molecule has 190 valence electrons. The zero-order valence-electron chi connectivity index (χ0n) is 21.6. The predicted molar refractivity (Wildman–Crippen MR) is 154 cm³/mol. The second-order valence-corrected chi connectivity index (χ2v) is 10.0. The van der Waals surface area contributed by atoms with Crippen LogP contribution in [0, 0.1) is 13.8 Å². The summed E-state index contributed by atoms with van der Waals surface area (Å²) in [6, 6.07) is 35.7. The van der Waals surface area contributed by atoms with Crippen LogP contribution in [0.15, 0.2) is 109 Å². The summed E-state index contributed by atoms with van der Waals surface area (Å²) in [5.41, 5.74) is 7.17. The average molecular weight is 511 g/mol. The van der Waals surface area contributed by atoms with E-state index in [-0.39, 0.29) is 5.97 Å². The van der Waals surface area contributed by atoms with Crippen molar-refractivity contribution in [2.75, 3.05) is 10.6 Å². The Bertz CT molecular complexity index is 1700. The molecular weight excluding hydrogens is 484 g/mol. The van der Waals surface area contributed by atoms with Crippen LogP contribution in [0.3, 0.4) is 0 Å². The molecule has 0 bridgehead atoms. The molecule has 39 heavy (non-hydrogen) atoms. The molecule has 7 rings (SSSR count). The fourth-order valence-electron chi connectivity index (χ4n) is 5.68. The van der Waals surface area contributed by atoms with Gasteiger partial charge in [0.1, 0.15) is 11.5 Å². The molecule has 0 saturated carbocycles. The zero-order valence-corrected chi connectivity index (χ0v) is 21.6. The molecule has 5 aromatic carbocycles. The van der Waals surface area contributed by atoms with Crippen molar-refractivity contribution in [3.63, 3.8) is 0 Å². The number of nitrogens with one attached hydrogen (secondary N) is 2. The highest BCUT2D eigenvalue weighted by Gasteiger charge is 2.56. The maximum atomic E-state index is 14.0. The van der Waals surface area contributed by atoms with E-state index in [1.807, 2.05) is 109 Å². The molecule has 5 aromatic rings. The number of para-hydroxylation sites is 3. The second kappa shape index (κ2) is 8.77. The average Bonchev–Trinajstić information content (AvgIpc) is 3.26. The van der Waals surface area contributed by atoms with Crippen LogP contribution < -0.4 is 15.4 Å². The Morgan fingerprint density at radius 1 is 0.667 bits per heavy atom. The van der Waals surface area contributed by atoms with Crippen LogP contribution in [-0.2, 0) is 10.3 Å². The fourth-order valence-corrected chi connectivity index (χ4v) is 5.68. The van der Waals surface area contributed by atoms with Crippen molar-refractivity contribution in [3.8, 4) is 11.5 Å². The number of anilines is 4. The van der Waals surface area contributed by atoms with Crippen LogP contribution in [0.5, 0.6) is 11.5 Å². The van der Waals surface area contributed by atoms with Gasteiger partial charge in [-0.3, -0.25) is 0 Å². The molecule has 0 fully saturated rings. The number of carbonyl (C=O) groups excluding carboxylic acids is 1. The number of benzene rings is 5. The fraction of sp³-hybridized carbons (Fsp3) is 0.0882. The Labute approximate surface area is 227 Å². The van der Waals surface area contributed by atoms with Crippen LogP contribution in [-0.4, -0.2) is 5.97 Å². The van der Waals surface area contributed by atoms with Crippen molar-refractivity contribution in [1.82, 2.24) is 0 Å². The SMILES string of the molecule is Cc1ccc(Nc2cc(C)c(Nc3ccccc3)c3c2C(=O)OC32c3ccccc3Oc3ccccc32)cc1. The monoisotopic (exact) mass is 510 g/mol. The molecule has 2 aliphatic heterocycles. The van der Waals surface area contributed by atoms with Gasteiger partial charge in [0.05, 0.1) is 16.9 Å². The molecule has 0 aromatic heterocycles. The molecule has 0 aliphatic carbocycles. The standard InChI is InChI=1S/C34H26N2O3/c1-21-16-18-24(19-17-21)35-27-20-22(2)32(36-23-10-4-3-5-11-23)31-30(27)33(37)39-34(31)25-12-6-8-14-28(25)38-29-15-9-7-13-26(29)34/h3-20,35-36H,1-2H3. The Morgan fingerprint density at radius 2 is 1.26 bits per heavy atom. The van der Waals surface area contributed by atoms with E-state index in [9.17, 15) is 4.79 Å². The Balaban J connectivity index is 1.54. The number of hydrogen-bond acceptors (Lipinski definition) is 5. The van der Waals surface area contributed by atoms with E-state index in [1.165, 1.54) is 0 Å². The molecular formula is C34H26N2O3. The van der Waals surface area contributed by atoms with Gasteiger partial charge in [-0.25, -0.2) is 4.79 Å². The summed E-state index contributed by atoms with van der Waals surface area (Å²) in [7, 11) is 0. The highest BCUT2D eigenvalue weighted by molar-refractivity contribution is 6.06. The van der Waals surface area contributed by atoms with Gasteiger partial charge in [-0.05, 0) is 61.9 Å². The van der Waals surface area contributed by atoms with Gasteiger partial charge < -0.3 is 20.1 Å². The summed E-state index contributed by atoms with van der Waals surface area (Å²) in [6.07, 6.45) is 0. The first-order valence-corrected chi connectivity index (χ1v) is 13.0. The summed E-state index contributed by atoms with van der Waals surface area (Å²) in [5.74, 6) is 0.941. The molecule has 0 saturated heterocycles. The zero-order chi connectivity index (χ0) is 26.6. The molecule has 0 atom stereocenters. The Kier molecular flexibility index (Phi) is 5.20. The molecule has 1 spiro atoms. The number of rotatable bonds is 4. The van der Waals surface area contributed by atoms with E-state index in [0.29, 0.717) is 22.7 Å². The smallest absolute Gasteiger partial charge is 0.342 e. The van der Waals surface area contributed by atoms with Crippen LogP contribution in [0.2, 0.25) is 0 Å². The van der Waals surface area contributed by atoms with E-state index in [4.69, 9.17) is 9.47 Å². The molecule has 2 aliphatic rings. The summed E-state index contributed by atoms with van der Waals surface area (Å²) >= 11 is 0. The number of carbonyl (C=O) groups is 1. The summed E-state index contributed by atoms with van der Waals surface area (Å²) in [6.45, 7) is 4.11. The first kappa shape index (κ1) is 23.1. The molecule has 5 heteroatoms. The lowest BCUT2D eigenvalue weighted by molar-refractivity contribution is 0.0226. The van der Waals surface area contributed by atoms with Gasteiger partial charge in [0.25, 0.3) is 0 Å². The summed E-state index contributed by atoms with van der Waals surface area (Å²) in [5, 5.41) is 7.13. The summed E-state index contributed by atoms with van der Waals surface area (Å²) in [4.78, 5) is 14.0. The quantitative estimate of drug-likeness (QED) is 0.238. The largest absolute Gasteiger partial charge is 0.456 e. The molecule has 0 radical (unpaired) electrons. The van der Waals surface area contributed by atoms with Crippen LogP contribution >= 0.6 is 0 Å². The van der Waals surface area contributed by atoms with Gasteiger partial charge >= 0.3 is 5.97 Å². The Hall–Kier alpha value is -5.03. The van der Waals surface area contributed by atoms with Crippen LogP contribution in [0.25, 0.3) is 0 Å². The van der Waals surface area contributed by atoms with Crippen molar-refractivity contribution in [3.05, 3.63) is 143 Å². The third-order valence-corrected chi connectivity index (χ3v) is 7.45. The van der Waals surface area contributed by atoms with Gasteiger partial charge in [0.2, 0.25) is 0 Å². The number of hydrogen-bond donors (Lipinski definition) is 2. The minimum atomic E-state index is -1.19. The van der Waals surface area contributed by atoms with E-state index in [1.54, 1.807) is 0 Å². The van der Waals surface area contributed by atoms with E-state index in [0.717, 1.165) is 44.9 Å². The van der Waals surface area contributed by atoms with Gasteiger partial charge in [0.15, 0.2) is 5.60 Å². The highest BCUT2D eigenvalue weighted by atomic mass is 16.6. The molecule has 0 amide bonds. The van der Waals surface area contributed by atoms with Gasteiger partial charge in [-0.1, -0.05) is 72.3 Å². The normalized spacial score (nSPS) is 14.1. The lowest BCUT2D eigenvalue weighted by atomic mass is 9.76. The summed E-state index contributed by atoms with van der Waals surface area (Å²) < 4.78 is 12.9. The van der Waals surface area contributed by atoms with Crippen LogP contribution in [0.1, 0.15) is 38.2 Å². The minimum absolute atomic E-state index is 0.387. The predicted octanol–water partition coefficient (Wildman–Crippen LogP) is 8.36. The molecule has 2 heterocycles. The lowest BCUT2D eigenvalue weighted by Gasteiger charge is -2.37. The van der Waals surface area contributed by atoms with Crippen LogP contribution in [0.4, 0.5) is 22.7 Å². The van der Waals surface area contributed by atoms with Crippen molar-refractivity contribution in [2.45, 2.75) is 19.4 Å². The van der Waals surface area contributed by atoms with Crippen molar-refractivity contribution in [2.24, 2.45) is 0 Å². The molecule has 5 nitrogen and oxygen atoms in total. The van der Waals surface area contributed by atoms with Crippen molar-refractivity contribution < 1.29 is 14.3 Å². The minimum Gasteiger partial charge on any atom is -0.456 e.